The molecule has 4 aromatic rings. The summed E-state index contributed by atoms with van der Waals surface area (Å²) < 4.78 is 66.9. The van der Waals surface area contributed by atoms with Crippen LogP contribution in [0.4, 0.5) is 28.9 Å². The predicted octanol–water partition coefficient (Wildman–Crippen LogP) is 3.35. The fourth-order valence-corrected chi connectivity index (χ4v) is 8.86. The molecule has 0 radical (unpaired) electrons. The van der Waals surface area contributed by atoms with E-state index in [9.17, 15) is 29.4 Å². The summed E-state index contributed by atoms with van der Waals surface area (Å²) in [4.78, 5) is 53.9. The molecule has 2 aromatic carbocycles. The molecule has 0 saturated carbocycles. The highest BCUT2D eigenvalue weighted by Crippen LogP contribution is 2.37. The molecule has 0 amide bonds. The molecule has 0 spiro atoms. The second kappa shape index (κ2) is 12.9. The van der Waals surface area contributed by atoms with Gasteiger partial charge in [-0.1, -0.05) is 0 Å². The maximum atomic E-state index is 16.6. The Labute approximate surface area is 293 Å². The van der Waals surface area contributed by atoms with Gasteiger partial charge in [-0.15, -0.1) is 0 Å². The van der Waals surface area contributed by atoms with Crippen molar-refractivity contribution < 1.29 is 37.4 Å². The Hall–Kier alpha value is -4.96. The van der Waals surface area contributed by atoms with E-state index in [4.69, 9.17) is 0 Å². The van der Waals surface area contributed by atoms with Crippen molar-refractivity contribution in [3.05, 3.63) is 79.4 Å². The number of carboxylic acids is 2. The lowest BCUT2D eigenvalue weighted by molar-refractivity contribution is 0.0683. The Balaban J connectivity index is 1.25. The number of benzene rings is 2. The van der Waals surface area contributed by atoms with Gasteiger partial charge in [-0.3, -0.25) is 9.59 Å². The van der Waals surface area contributed by atoms with Crippen molar-refractivity contribution in [2.75, 3.05) is 49.1 Å². The van der Waals surface area contributed by atoms with Crippen LogP contribution < -0.4 is 31.3 Å². The fraction of sp³-hybridized carbons (Fsp3) is 0.444. The molecular formula is C36H36F4N6O6. The number of hydrogen-bond acceptors (Lipinski definition) is 8. The lowest BCUT2D eigenvalue weighted by atomic mass is 9.94. The number of rotatable bonds is 7. The van der Waals surface area contributed by atoms with Crippen LogP contribution in [0.15, 0.2) is 34.1 Å². The Kier molecular flexibility index (Phi) is 8.48. The normalized spacial score (nSPS) is 23.0. The smallest absolute Gasteiger partial charge is 0.341 e. The fourth-order valence-electron chi connectivity index (χ4n) is 8.86. The summed E-state index contributed by atoms with van der Waals surface area (Å²) in [6.07, 6.45) is 5.41. The number of hydrogen-bond donors (Lipinski definition) is 4. The van der Waals surface area contributed by atoms with Gasteiger partial charge in [-0.25, -0.2) is 27.2 Å². The van der Waals surface area contributed by atoms with E-state index < -0.39 is 79.0 Å². The van der Waals surface area contributed by atoms with Gasteiger partial charge in [-0.2, -0.15) is 0 Å². The Morgan fingerprint density at radius 2 is 1.08 bits per heavy atom. The summed E-state index contributed by atoms with van der Waals surface area (Å²) in [7, 11) is 0. The maximum Gasteiger partial charge on any atom is 0.341 e. The highest BCUT2D eigenvalue weighted by Gasteiger charge is 2.39. The van der Waals surface area contributed by atoms with E-state index in [1.54, 1.807) is 9.80 Å². The van der Waals surface area contributed by atoms with Gasteiger partial charge in [0.1, 0.15) is 34.1 Å². The van der Waals surface area contributed by atoms with Gasteiger partial charge < -0.3 is 39.8 Å². The predicted molar refractivity (Wildman–Crippen MR) is 184 cm³/mol. The molecule has 12 nitrogen and oxygen atoms in total. The van der Waals surface area contributed by atoms with Crippen molar-refractivity contribution in [2.45, 2.75) is 50.9 Å². The van der Waals surface area contributed by atoms with Gasteiger partial charge >= 0.3 is 11.9 Å². The molecule has 0 bridgehead atoms. The van der Waals surface area contributed by atoms with Gasteiger partial charge in [0.2, 0.25) is 10.9 Å². The van der Waals surface area contributed by atoms with Crippen LogP contribution in [0.3, 0.4) is 0 Å². The number of aromatic nitrogens is 2. The van der Waals surface area contributed by atoms with Gasteiger partial charge in [0.25, 0.3) is 0 Å². The van der Waals surface area contributed by atoms with Crippen LogP contribution in [0, 0.1) is 35.1 Å². The quantitative estimate of drug-likeness (QED) is 0.209. The topological polar surface area (TPSA) is 149 Å². The Bertz CT molecular complexity index is 2110. The first-order valence-electron chi connectivity index (χ1n) is 17.5. The number of aromatic carboxylic acids is 2. The molecule has 4 aliphatic heterocycles. The van der Waals surface area contributed by atoms with Crippen molar-refractivity contribution in [3.63, 3.8) is 0 Å². The third-order valence-corrected chi connectivity index (χ3v) is 11.3. The van der Waals surface area contributed by atoms with E-state index in [2.05, 4.69) is 10.6 Å². The molecule has 4 unspecified atom stereocenters. The number of aryl methyl sites for hydroxylation is 2. The van der Waals surface area contributed by atoms with Crippen molar-refractivity contribution in [3.8, 4) is 0 Å². The molecule has 4 aliphatic rings. The second-order valence-electron chi connectivity index (χ2n) is 14.3. The van der Waals surface area contributed by atoms with Crippen LogP contribution in [0.25, 0.3) is 21.8 Å². The number of fused-ring (bicyclic) bond motifs is 4. The maximum absolute atomic E-state index is 16.6. The summed E-state index contributed by atoms with van der Waals surface area (Å²) in [5.74, 6) is -7.20. The Morgan fingerprint density at radius 1 is 0.673 bits per heavy atom. The van der Waals surface area contributed by atoms with E-state index in [1.165, 1.54) is 0 Å². The van der Waals surface area contributed by atoms with Crippen LogP contribution in [0.2, 0.25) is 0 Å². The minimum Gasteiger partial charge on any atom is -0.477 e. The zero-order valence-electron chi connectivity index (χ0n) is 27.9. The minimum absolute atomic E-state index is 0.0161. The van der Waals surface area contributed by atoms with Gasteiger partial charge in [-0.05, 0) is 62.7 Å². The first kappa shape index (κ1) is 34.1. The van der Waals surface area contributed by atoms with Crippen LogP contribution in [0.1, 0.15) is 46.4 Å². The lowest BCUT2D eigenvalue weighted by Crippen LogP contribution is -2.40. The van der Waals surface area contributed by atoms with Gasteiger partial charge in [0.05, 0.1) is 21.8 Å². The second-order valence-corrected chi connectivity index (χ2v) is 14.3. The highest BCUT2D eigenvalue weighted by molar-refractivity contribution is 5.95. The third kappa shape index (κ3) is 5.50. The molecule has 16 heteroatoms. The number of nitrogens with zero attached hydrogens (tertiary/aromatic N) is 4. The number of nitrogens with one attached hydrogen (secondary N) is 2. The number of anilines is 2. The van der Waals surface area contributed by atoms with E-state index in [0.29, 0.717) is 26.2 Å². The van der Waals surface area contributed by atoms with Crippen molar-refractivity contribution in [1.29, 1.82) is 0 Å². The number of piperidine rings is 2. The molecule has 52 heavy (non-hydrogen) atoms. The molecule has 4 atom stereocenters. The summed E-state index contributed by atoms with van der Waals surface area (Å²) in [5.41, 5.74) is -5.27. The Morgan fingerprint density at radius 3 is 1.44 bits per heavy atom. The van der Waals surface area contributed by atoms with Crippen LogP contribution in [0.5, 0.6) is 0 Å². The van der Waals surface area contributed by atoms with Crippen LogP contribution >= 0.6 is 0 Å². The average molecular weight is 725 g/mol. The number of halogens is 4. The number of carbonyl (C=O) groups is 2. The lowest BCUT2D eigenvalue weighted by Gasteiger charge is -2.24. The summed E-state index contributed by atoms with van der Waals surface area (Å²) in [5, 5.41) is 25.4. The summed E-state index contributed by atoms with van der Waals surface area (Å²) >= 11 is 0. The molecule has 0 aliphatic carbocycles. The molecule has 8 rings (SSSR count). The zero-order valence-corrected chi connectivity index (χ0v) is 27.9. The molecule has 274 valence electrons. The van der Waals surface area contributed by atoms with Crippen molar-refractivity contribution in [2.24, 2.45) is 11.8 Å². The molecule has 2 aromatic heterocycles. The van der Waals surface area contributed by atoms with Gasteiger partial charge in [0.15, 0.2) is 11.6 Å². The zero-order chi connectivity index (χ0) is 36.6. The van der Waals surface area contributed by atoms with Crippen molar-refractivity contribution in [1.82, 2.24) is 19.8 Å². The van der Waals surface area contributed by atoms with E-state index >= 15 is 17.6 Å². The third-order valence-electron chi connectivity index (χ3n) is 11.3. The minimum atomic E-state index is -1.64. The standard InChI is InChI=1S/C36H36F4N6O6/c37-23-9-19-29(27(39)31(23)45-11-17-3-1-5-41-25(17)15-45)43(13-21(33(19)47)35(49)50)7-8-44-14-22(36(51)52)34(48)20-10-24(38)32(28(40)30(20)44)46-12-18-4-2-6-42-26(18)16-46/h9-10,13-14,17-18,25-26,41-42H,1-8,11-12,15-16H2,(H,49,50)(H,51,52). The molecule has 6 heterocycles. The van der Waals surface area contributed by atoms with Gasteiger partial charge in [0, 0.05) is 63.7 Å². The number of carboxylic acid groups (broad SMARTS) is 2. The van der Waals surface area contributed by atoms with Crippen LogP contribution in [-0.2, 0) is 13.1 Å². The molecule has 4 N–H and O–H groups in total. The monoisotopic (exact) mass is 724 g/mol. The first-order valence-corrected chi connectivity index (χ1v) is 17.5. The molecule has 4 fully saturated rings. The summed E-state index contributed by atoms with van der Waals surface area (Å²) in [6.45, 7) is 2.16. The molecule has 4 saturated heterocycles. The summed E-state index contributed by atoms with van der Waals surface area (Å²) in [6, 6.07) is 1.68. The highest BCUT2D eigenvalue weighted by atomic mass is 19.1. The van der Waals surface area contributed by atoms with E-state index in [0.717, 1.165) is 72.4 Å². The first-order chi connectivity index (χ1) is 24.9. The van der Waals surface area contributed by atoms with Crippen molar-refractivity contribution >= 4 is 45.1 Å². The average Bonchev–Trinajstić information content (AvgIpc) is 3.73. The SMILES string of the molecule is O=C(O)c1cn(CCn2cc(C(=O)O)c(=O)c3cc(F)c(N4CC5CCCNC5C4)c(F)c32)c2c(F)c(N3CC4CCCNC4C3)c(F)cc2c1=O. The number of pyridine rings is 2. The molecular weight excluding hydrogens is 688 g/mol. The van der Waals surface area contributed by atoms with E-state index in [-0.39, 0.29) is 48.4 Å². The largest absolute Gasteiger partial charge is 0.477 e. The van der Waals surface area contributed by atoms with Crippen LogP contribution in [-0.4, -0.2) is 82.6 Å². The van der Waals surface area contributed by atoms with E-state index in [1.807, 2.05) is 0 Å².